The van der Waals surface area contributed by atoms with Crippen LogP contribution in [0, 0.1) is 0 Å². The first kappa shape index (κ1) is 12.6. The van der Waals surface area contributed by atoms with Crippen molar-refractivity contribution in [3.8, 4) is 0 Å². The fraction of sp³-hybridized carbons (Fsp3) is 0.533. The van der Waals surface area contributed by atoms with Gasteiger partial charge in [-0.2, -0.15) is 0 Å². The Morgan fingerprint density at radius 2 is 2.05 bits per heavy atom. The van der Waals surface area contributed by atoms with E-state index in [4.69, 9.17) is 5.73 Å². The van der Waals surface area contributed by atoms with Crippen LogP contribution in [0.4, 0.5) is 5.69 Å². The molecule has 1 atom stereocenters. The minimum atomic E-state index is -0.0738. The molecule has 0 radical (unpaired) electrons. The van der Waals surface area contributed by atoms with Gasteiger partial charge in [0.1, 0.15) is 0 Å². The average molecular weight is 259 g/mol. The molecule has 1 heterocycles. The summed E-state index contributed by atoms with van der Waals surface area (Å²) in [5.41, 5.74) is 9.79. The van der Waals surface area contributed by atoms with Gasteiger partial charge in [-0.15, -0.1) is 0 Å². The van der Waals surface area contributed by atoms with E-state index in [2.05, 4.69) is 36.4 Å². The summed E-state index contributed by atoms with van der Waals surface area (Å²) in [6.45, 7) is 0. The smallest absolute Gasteiger partial charge is 0.224 e. The molecule has 3 rings (SSSR count). The zero-order valence-corrected chi connectivity index (χ0v) is 11.6. The van der Waals surface area contributed by atoms with Crippen molar-refractivity contribution in [2.75, 3.05) is 19.4 Å². The number of anilines is 1. The molecular weight excluding hydrogens is 238 g/mol. The normalized spacial score (nSPS) is 21.8. The molecule has 1 aromatic carbocycles. The molecule has 4 heteroatoms. The molecule has 1 aliphatic carbocycles. The molecule has 1 unspecified atom stereocenters. The standard InChI is InChI=1S/C15H21N3O/c1-18(2)14(15(16)7-8-15)11-3-5-12-10(9-11)4-6-13(19)17-12/h3,5,9,14H,4,6-8,16H2,1-2H3,(H,17,19). The number of hydrogen-bond donors (Lipinski definition) is 2. The summed E-state index contributed by atoms with van der Waals surface area (Å²) in [7, 11) is 4.16. The molecule has 0 aromatic heterocycles. The molecule has 0 spiro atoms. The predicted molar refractivity (Wildman–Crippen MR) is 76.0 cm³/mol. The summed E-state index contributed by atoms with van der Waals surface area (Å²) in [6, 6.07) is 6.59. The van der Waals surface area contributed by atoms with Crippen molar-refractivity contribution in [3.63, 3.8) is 0 Å². The summed E-state index contributed by atoms with van der Waals surface area (Å²) in [6.07, 6.45) is 3.58. The summed E-state index contributed by atoms with van der Waals surface area (Å²) in [5.74, 6) is 0.113. The third-order valence-electron chi connectivity index (χ3n) is 4.23. The van der Waals surface area contributed by atoms with E-state index in [1.165, 1.54) is 11.1 Å². The average Bonchev–Trinajstić information content (AvgIpc) is 3.07. The van der Waals surface area contributed by atoms with E-state index in [0.29, 0.717) is 6.42 Å². The van der Waals surface area contributed by atoms with Crippen molar-refractivity contribution >= 4 is 11.6 Å². The third kappa shape index (κ3) is 2.26. The number of nitrogens with two attached hydrogens (primary N) is 1. The largest absolute Gasteiger partial charge is 0.326 e. The van der Waals surface area contributed by atoms with E-state index >= 15 is 0 Å². The quantitative estimate of drug-likeness (QED) is 0.868. The molecule has 1 amide bonds. The van der Waals surface area contributed by atoms with Crippen molar-refractivity contribution in [2.24, 2.45) is 5.73 Å². The topological polar surface area (TPSA) is 58.4 Å². The first-order chi connectivity index (χ1) is 8.99. The number of fused-ring (bicyclic) bond motifs is 1. The van der Waals surface area contributed by atoms with Gasteiger partial charge in [-0.3, -0.25) is 4.79 Å². The summed E-state index contributed by atoms with van der Waals surface area (Å²) >= 11 is 0. The van der Waals surface area contributed by atoms with Gasteiger partial charge < -0.3 is 16.0 Å². The van der Waals surface area contributed by atoms with Crippen molar-refractivity contribution in [1.29, 1.82) is 0 Å². The molecule has 0 bridgehead atoms. The molecule has 1 saturated carbocycles. The van der Waals surface area contributed by atoms with Gasteiger partial charge in [-0.1, -0.05) is 12.1 Å². The van der Waals surface area contributed by atoms with Crippen LogP contribution in [0.3, 0.4) is 0 Å². The molecule has 4 nitrogen and oxygen atoms in total. The minimum absolute atomic E-state index is 0.0738. The van der Waals surface area contributed by atoms with Crippen molar-refractivity contribution in [1.82, 2.24) is 4.90 Å². The van der Waals surface area contributed by atoms with Gasteiger partial charge in [-0.25, -0.2) is 0 Å². The van der Waals surface area contributed by atoms with Crippen LogP contribution in [-0.4, -0.2) is 30.4 Å². The monoisotopic (exact) mass is 259 g/mol. The number of carbonyl (C=O) groups excluding carboxylic acids is 1. The summed E-state index contributed by atoms with van der Waals surface area (Å²) < 4.78 is 0. The number of carbonyl (C=O) groups is 1. The predicted octanol–water partition coefficient (Wildman–Crippen LogP) is 1.67. The lowest BCUT2D eigenvalue weighted by atomic mass is 9.92. The highest BCUT2D eigenvalue weighted by Gasteiger charge is 2.47. The van der Waals surface area contributed by atoms with Crippen molar-refractivity contribution in [2.45, 2.75) is 37.3 Å². The molecule has 19 heavy (non-hydrogen) atoms. The highest BCUT2D eigenvalue weighted by molar-refractivity contribution is 5.93. The van der Waals surface area contributed by atoms with Crippen LogP contribution in [-0.2, 0) is 11.2 Å². The molecular formula is C15H21N3O. The second-order valence-electron chi connectivity index (χ2n) is 6.06. The van der Waals surface area contributed by atoms with Crippen molar-refractivity contribution in [3.05, 3.63) is 29.3 Å². The van der Waals surface area contributed by atoms with Crippen LogP contribution in [0.2, 0.25) is 0 Å². The maximum Gasteiger partial charge on any atom is 0.224 e. The molecule has 1 fully saturated rings. The Morgan fingerprint density at radius 1 is 1.32 bits per heavy atom. The molecule has 102 valence electrons. The number of nitrogens with one attached hydrogen (secondary N) is 1. The first-order valence-electron chi connectivity index (χ1n) is 6.88. The number of hydrogen-bond acceptors (Lipinski definition) is 3. The van der Waals surface area contributed by atoms with E-state index in [0.717, 1.165) is 24.9 Å². The molecule has 2 aliphatic rings. The second kappa shape index (κ2) is 4.32. The van der Waals surface area contributed by atoms with Crippen LogP contribution in [0.15, 0.2) is 18.2 Å². The summed E-state index contributed by atoms with van der Waals surface area (Å²) in [5, 5.41) is 2.93. The third-order valence-corrected chi connectivity index (χ3v) is 4.23. The van der Waals surface area contributed by atoms with Crippen LogP contribution < -0.4 is 11.1 Å². The highest BCUT2D eigenvalue weighted by Crippen LogP contribution is 2.46. The first-order valence-corrected chi connectivity index (χ1v) is 6.88. The lowest BCUT2D eigenvalue weighted by Crippen LogP contribution is -2.39. The Kier molecular flexibility index (Phi) is 2.87. The van der Waals surface area contributed by atoms with Gasteiger partial charge in [-0.05, 0) is 50.6 Å². The maximum atomic E-state index is 11.4. The van der Waals surface area contributed by atoms with E-state index in [9.17, 15) is 4.79 Å². The van der Waals surface area contributed by atoms with Crippen LogP contribution in [0.25, 0.3) is 0 Å². The molecule has 0 saturated heterocycles. The number of likely N-dealkylation sites (N-methyl/N-ethyl adjacent to an activating group) is 1. The second-order valence-corrected chi connectivity index (χ2v) is 6.06. The van der Waals surface area contributed by atoms with Gasteiger partial charge in [0.2, 0.25) is 5.91 Å². The van der Waals surface area contributed by atoms with Crippen LogP contribution in [0.1, 0.15) is 36.4 Å². The van der Waals surface area contributed by atoms with Gasteiger partial charge in [0.15, 0.2) is 0 Å². The highest BCUT2D eigenvalue weighted by atomic mass is 16.1. The Labute approximate surface area is 114 Å². The molecule has 1 aromatic rings. The van der Waals surface area contributed by atoms with E-state index < -0.39 is 0 Å². The van der Waals surface area contributed by atoms with Gasteiger partial charge in [0.05, 0.1) is 6.04 Å². The SMILES string of the molecule is CN(C)C(c1ccc2c(c1)CCC(=O)N2)C1(N)CC1. The van der Waals surface area contributed by atoms with Crippen molar-refractivity contribution < 1.29 is 4.79 Å². The maximum absolute atomic E-state index is 11.4. The molecule has 1 aliphatic heterocycles. The van der Waals surface area contributed by atoms with Crippen LogP contribution >= 0.6 is 0 Å². The fourth-order valence-corrected chi connectivity index (χ4v) is 3.14. The lowest BCUT2D eigenvalue weighted by molar-refractivity contribution is -0.116. The van der Waals surface area contributed by atoms with Gasteiger partial charge in [0.25, 0.3) is 0 Å². The number of amides is 1. The number of rotatable bonds is 3. The number of benzene rings is 1. The Bertz CT molecular complexity index is 520. The van der Waals surface area contributed by atoms with E-state index in [-0.39, 0.29) is 17.5 Å². The number of aryl methyl sites for hydroxylation is 1. The Hall–Kier alpha value is -1.39. The molecule has 3 N–H and O–H groups in total. The fourth-order valence-electron chi connectivity index (χ4n) is 3.14. The summed E-state index contributed by atoms with van der Waals surface area (Å²) in [4.78, 5) is 13.6. The lowest BCUT2D eigenvalue weighted by Gasteiger charge is -2.31. The zero-order valence-electron chi connectivity index (χ0n) is 11.6. The van der Waals surface area contributed by atoms with Gasteiger partial charge in [0, 0.05) is 17.6 Å². The minimum Gasteiger partial charge on any atom is -0.326 e. The Morgan fingerprint density at radius 3 is 2.68 bits per heavy atom. The van der Waals surface area contributed by atoms with E-state index in [1.807, 2.05) is 6.07 Å². The van der Waals surface area contributed by atoms with Crippen LogP contribution in [0.5, 0.6) is 0 Å². The van der Waals surface area contributed by atoms with E-state index in [1.54, 1.807) is 0 Å². The Balaban J connectivity index is 1.95. The van der Waals surface area contributed by atoms with Gasteiger partial charge >= 0.3 is 0 Å². The number of nitrogens with zero attached hydrogens (tertiary/aromatic N) is 1. The zero-order chi connectivity index (χ0) is 13.6.